The lowest BCUT2D eigenvalue weighted by Crippen LogP contribution is -2.47. The van der Waals surface area contributed by atoms with Gasteiger partial charge in [0.1, 0.15) is 6.54 Å². The molecular weight excluding hydrogens is 338 g/mol. The standard InChI is InChI=1S/C21H35N5O/c1-15(2)26-13-16(3)19(14-26)24-21(22-12-20(27)25(5)6)23-17(4)18-10-8-7-9-11-18/h7-11,15-17,19H,12-14H2,1-6H3,(H2,22,23,24). The van der Waals surface area contributed by atoms with Crippen LogP contribution in [0.2, 0.25) is 0 Å². The molecule has 6 nitrogen and oxygen atoms in total. The highest BCUT2D eigenvalue weighted by molar-refractivity contribution is 5.85. The van der Waals surface area contributed by atoms with Crippen LogP contribution in [-0.2, 0) is 4.79 Å². The molecule has 0 radical (unpaired) electrons. The molecule has 0 aromatic heterocycles. The molecule has 1 aromatic carbocycles. The van der Waals surface area contributed by atoms with Crippen molar-refractivity contribution in [3.8, 4) is 0 Å². The first-order valence-electron chi connectivity index (χ1n) is 9.84. The van der Waals surface area contributed by atoms with Gasteiger partial charge in [0.05, 0.1) is 6.04 Å². The van der Waals surface area contributed by atoms with Crippen molar-refractivity contribution < 1.29 is 4.79 Å². The number of rotatable bonds is 6. The number of amides is 1. The summed E-state index contributed by atoms with van der Waals surface area (Å²) >= 11 is 0. The molecule has 27 heavy (non-hydrogen) atoms. The molecule has 0 spiro atoms. The first kappa shape index (κ1) is 21.2. The molecule has 3 atom stereocenters. The average molecular weight is 374 g/mol. The van der Waals surface area contributed by atoms with Crippen LogP contribution in [0, 0.1) is 5.92 Å². The zero-order valence-corrected chi connectivity index (χ0v) is 17.6. The Morgan fingerprint density at radius 2 is 1.89 bits per heavy atom. The van der Waals surface area contributed by atoms with Crippen LogP contribution in [-0.4, -0.2) is 67.5 Å². The number of guanidine groups is 1. The monoisotopic (exact) mass is 373 g/mol. The van der Waals surface area contributed by atoms with Crippen molar-refractivity contribution in [2.45, 2.75) is 45.8 Å². The first-order valence-corrected chi connectivity index (χ1v) is 9.84. The molecule has 1 aliphatic rings. The van der Waals surface area contributed by atoms with Gasteiger partial charge in [-0.25, -0.2) is 4.99 Å². The molecule has 3 unspecified atom stereocenters. The number of likely N-dealkylation sites (tertiary alicyclic amines) is 1. The number of carbonyl (C=O) groups excluding carboxylic acids is 1. The summed E-state index contributed by atoms with van der Waals surface area (Å²) in [5.74, 6) is 1.21. The molecule has 1 fully saturated rings. The fraction of sp³-hybridized carbons (Fsp3) is 0.619. The maximum Gasteiger partial charge on any atom is 0.243 e. The van der Waals surface area contributed by atoms with Gasteiger partial charge in [-0.1, -0.05) is 37.3 Å². The Kier molecular flexibility index (Phi) is 7.66. The van der Waals surface area contributed by atoms with Crippen LogP contribution in [0.4, 0.5) is 0 Å². The number of aliphatic imine (C=N–C) groups is 1. The van der Waals surface area contributed by atoms with E-state index in [2.05, 4.69) is 60.4 Å². The van der Waals surface area contributed by atoms with E-state index in [4.69, 9.17) is 0 Å². The van der Waals surface area contributed by atoms with Crippen molar-refractivity contribution in [2.75, 3.05) is 33.7 Å². The van der Waals surface area contributed by atoms with Gasteiger partial charge in [-0.05, 0) is 32.3 Å². The molecule has 1 saturated heterocycles. The van der Waals surface area contributed by atoms with E-state index in [0.717, 1.165) is 13.1 Å². The second kappa shape index (κ2) is 9.74. The largest absolute Gasteiger partial charge is 0.352 e. The molecule has 6 heteroatoms. The smallest absolute Gasteiger partial charge is 0.243 e. The maximum atomic E-state index is 12.0. The molecule has 0 bridgehead atoms. The van der Waals surface area contributed by atoms with Crippen molar-refractivity contribution in [3.63, 3.8) is 0 Å². The maximum absolute atomic E-state index is 12.0. The fourth-order valence-electron chi connectivity index (χ4n) is 3.24. The van der Waals surface area contributed by atoms with Crippen LogP contribution in [0.25, 0.3) is 0 Å². The third-order valence-electron chi connectivity index (χ3n) is 5.22. The van der Waals surface area contributed by atoms with Gasteiger partial charge in [-0.2, -0.15) is 0 Å². The summed E-state index contributed by atoms with van der Waals surface area (Å²) < 4.78 is 0. The van der Waals surface area contributed by atoms with Gasteiger partial charge < -0.3 is 15.5 Å². The van der Waals surface area contributed by atoms with E-state index in [1.807, 2.05) is 18.2 Å². The summed E-state index contributed by atoms with van der Waals surface area (Å²) in [5.41, 5.74) is 1.19. The van der Waals surface area contributed by atoms with Crippen molar-refractivity contribution >= 4 is 11.9 Å². The summed E-state index contributed by atoms with van der Waals surface area (Å²) in [5, 5.41) is 7.04. The highest BCUT2D eigenvalue weighted by Crippen LogP contribution is 2.19. The van der Waals surface area contributed by atoms with E-state index in [1.165, 1.54) is 5.56 Å². The Bertz CT molecular complexity index is 629. The van der Waals surface area contributed by atoms with E-state index < -0.39 is 0 Å². The summed E-state index contributed by atoms with van der Waals surface area (Å²) in [7, 11) is 3.51. The molecule has 1 aromatic rings. The minimum atomic E-state index is -0.00765. The van der Waals surface area contributed by atoms with Crippen LogP contribution in [0.15, 0.2) is 35.3 Å². The Labute approximate surface area is 164 Å². The molecule has 2 N–H and O–H groups in total. The zero-order valence-electron chi connectivity index (χ0n) is 17.6. The van der Waals surface area contributed by atoms with E-state index in [-0.39, 0.29) is 18.5 Å². The predicted octanol–water partition coefficient (Wildman–Crippen LogP) is 2.10. The highest BCUT2D eigenvalue weighted by Gasteiger charge is 2.31. The molecule has 1 amide bonds. The Morgan fingerprint density at radius 3 is 2.44 bits per heavy atom. The van der Waals surface area contributed by atoms with Gasteiger partial charge in [0.15, 0.2) is 5.96 Å². The average Bonchev–Trinajstić information content (AvgIpc) is 3.00. The van der Waals surface area contributed by atoms with Gasteiger partial charge in [0.2, 0.25) is 5.91 Å². The van der Waals surface area contributed by atoms with Crippen LogP contribution in [0.3, 0.4) is 0 Å². The molecule has 2 rings (SSSR count). The lowest BCUT2D eigenvalue weighted by molar-refractivity contribution is -0.127. The van der Waals surface area contributed by atoms with Crippen molar-refractivity contribution in [1.82, 2.24) is 20.4 Å². The normalized spacial score (nSPS) is 22.0. The van der Waals surface area contributed by atoms with Gasteiger partial charge in [-0.15, -0.1) is 0 Å². The van der Waals surface area contributed by atoms with Crippen LogP contribution < -0.4 is 10.6 Å². The number of likely N-dealkylation sites (N-methyl/N-ethyl adjacent to an activating group) is 1. The van der Waals surface area contributed by atoms with E-state index in [9.17, 15) is 4.79 Å². The van der Waals surface area contributed by atoms with E-state index >= 15 is 0 Å². The van der Waals surface area contributed by atoms with E-state index in [1.54, 1.807) is 19.0 Å². The zero-order chi connectivity index (χ0) is 20.0. The number of hydrogen-bond acceptors (Lipinski definition) is 3. The lowest BCUT2D eigenvalue weighted by Gasteiger charge is -2.24. The minimum Gasteiger partial charge on any atom is -0.352 e. The lowest BCUT2D eigenvalue weighted by atomic mass is 10.1. The number of nitrogens with one attached hydrogen (secondary N) is 2. The summed E-state index contributed by atoms with van der Waals surface area (Å²) in [4.78, 5) is 20.6. The molecule has 1 aliphatic heterocycles. The van der Waals surface area contributed by atoms with Crippen molar-refractivity contribution in [2.24, 2.45) is 10.9 Å². The topological polar surface area (TPSA) is 60.0 Å². The third-order valence-corrected chi connectivity index (χ3v) is 5.22. The third kappa shape index (κ3) is 6.24. The molecule has 0 aliphatic carbocycles. The summed E-state index contributed by atoms with van der Waals surface area (Å²) in [6, 6.07) is 11.2. The van der Waals surface area contributed by atoms with E-state index in [0.29, 0.717) is 24.0 Å². The highest BCUT2D eigenvalue weighted by atomic mass is 16.2. The van der Waals surface area contributed by atoms with Gasteiger partial charge in [0, 0.05) is 39.3 Å². The summed E-state index contributed by atoms with van der Waals surface area (Å²) in [6.07, 6.45) is 0. The summed E-state index contributed by atoms with van der Waals surface area (Å²) in [6.45, 7) is 11.0. The van der Waals surface area contributed by atoms with Crippen molar-refractivity contribution in [1.29, 1.82) is 0 Å². The van der Waals surface area contributed by atoms with Crippen LogP contribution >= 0.6 is 0 Å². The van der Waals surface area contributed by atoms with Crippen LogP contribution in [0.1, 0.15) is 39.3 Å². The number of nitrogens with zero attached hydrogens (tertiary/aromatic N) is 3. The quantitative estimate of drug-likeness (QED) is 0.592. The van der Waals surface area contributed by atoms with Crippen LogP contribution in [0.5, 0.6) is 0 Å². The van der Waals surface area contributed by atoms with Gasteiger partial charge >= 0.3 is 0 Å². The Morgan fingerprint density at radius 1 is 1.22 bits per heavy atom. The van der Waals surface area contributed by atoms with Gasteiger partial charge in [0.25, 0.3) is 0 Å². The Hall–Kier alpha value is -2.08. The SMILES string of the molecule is CC(NC(=NCC(=O)N(C)C)NC1CN(C(C)C)CC1C)c1ccccc1. The van der Waals surface area contributed by atoms with Gasteiger partial charge in [-0.3, -0.25) is 9.69 Å². The minimum absolute atomic E-state index is 0.00765. The number of benzene rings is 1. The fourth-order valence-corrected chi connectivity index (χ4v) is 3.24. The van der Waals surface area contributed by atoms with Crippen molar-refractivity contribution in [3.05, 3.63) is 35.9 Å². The molecule has 0 saturated carbocycles. The number of carbonyl (C=O) groups is 1. The molecule has 150 valence electrons. The molecular formula is C21H35N5O. The second-order valence-electron chi connectivity index (χ2n) is 8.01. The predicted molar refractivity (Wildman–Crippen MR) is 112 cm³/mol. The molecule has 1 heterocycles. The second-order valence-corrected chi connectivity index (χ2v) is 8.01. The first-order chi connectivity index (χ1) is 12.8. The number of hydrogen-bond donors (Lipinski definition) is 2. The Balaban J connectivity index is 2.09.